The number of guanidine groups is 1. The van der Waals surface area contributed by atoms with Crippen molar-refractivity contribution in [3.05, 3.63) is 65.5 Å². The highest BCUT2D eigenvalue weighted by Gasteiger charge is 2.00. The molecule has 0 unspecified atom stereocenters. The number of aliphatic imine (C=N–C) groups is 1. The average Bonchev–Trinajstić information content (AvgIpc) is 2.53. The summed E-state index contributed by atoms with van der Waals surface area (Å²) >= 11 is 0. The molecule has 0 atom stereocenters. The number of halogens is 1. The van der Waals surface area contributed by atoms with Gasteiger partial charge in [0, 0.05) is 38.4 Å². The van der Waals surface area contributed by atoms with Crippen molar-refractivity contribution in [3.63, 3.8) is 0 Å². The summed E-state index contributed by atoms with van der Waals surface area (Å²) in [7, 11) is 1.79. The Balaban J connectivity index is 0.00000242. The fraction of sp³-hybridized carbons (Fsp3) is 0.294. The summed E-state index contributed by atoms with van der Waals surface area (Å²) in [6, 6.07) is 14.3. The second-order valence-corrected chi connectivity index (χ2v) is 4.85. The molecule has 0 radical (unpaired) electrons. The van der Waals surface area contributed by atoms with Crippen molar-refractivity contribution in [2.75, 3.05) is 13.6 Å². The Bertz CT molecular complexity index is 584. The number of rotatable bonds is 5. The number of hydrogen-bond acceptors (Lipinski definition) is 2. The molecule has 22 heavy (non-hydrogen) atoms. The lowest BCUT2D eigenvalue weighted by molar-refractivity contribution is 0.782. The predicted octanol–water partition coefficient (Wildman–Crippen LogP) is 2.92. The van der Waals surface area contributed by atoms with E-state index in [9.17, 15) is 0 Å². The van der Waals surface area contributed by atoms with Crippen LogP contribution >= 0.6 is 24.0 Å². The van der Waals surface area contributed by atoms with Crippen LogP contribution in [0.5, 0.6) is 0 Å². The number of aromatic nitrogens is 1. The topological polar surface area (TPSA) is 49.3 Å². The first-order valence-corrected chi connectivity index (χ1v) is 7.18. The van der Waals surface area contributed by atoms with Gasteiger partial charge in [-0.25, -0.2) is 0 Å². The van der Waals surface area contributed by atoms with E-state index in [-0.39, 0.29) is 24.0 Å². The lowest BCUT2D eigenvalue weighted by Gasteiger charge is -2.13. The van der Waals surface area contributed by atoms with Crippen molar-refractivity contribution in [2.45, 2.75) is 19.9 Å². The minimum absolute atomic E-state index is 0. The second kappa shape index (κ2) is 10.2. The number of nitrogens with zero attached hydrogens (tertiary/aromatic N) is 2. The lowest BCUT2D eigenvalue weighted by atomic mass is 10.1. The summed E-state index contributed by atoms with van der Waals surface area (Å²) in [5.41, 5.74) is 3.65. The summed E-state index contributed by atoms with van der Waals surface area (Å²) in [6.07, 6.45) is 2.70. The van der Waals surface area contributed by atoms with Crippen LogP contribution in [0.2, 0.25) is 0 Å². The van der Waals surface area contributed by atoms with Gasteiger partial charge in [-0.3, -0.25) is 9.98 Å². The molecule has 1 aromatic carbocycles. The summed E-state index contributed by atoms with van der Waals surface area (Å²) in [4.78, 5) is 8.54. The van der Waals surface area contributed by atoms with Gasteiger partial charge in [0.15, 0.2) is 5.96 Å². The third-order valence-electron chi connectivity index (χ3n) is 3.33. The number of pyridine rings is 1. The minimum atomic E-state index is 0. The van der Waals surface area contributed by atoms with Crippen LogP contribution in [0.15, 0.2) is 53.7 Å². The Labute approximate surface area is 149 Å². The molecule has 1 heterocycles. The number of benzene rings is 1. The molecule has 2 rings (SSSR count). The minimum Gasteiger partial charge on any atom is -0.356 e. The summed E-state index contributed by atoms with van der Waals surface area (Å²) in [6.45, 7) is 3.70. The number of nitrogens with one attached hydrogen (secondary N) is 2. The Morgan fingerprint density at radius 1 is 1.09 bits per heavy atom. The number of hydrogen-bond donors (Lipinski definition) is 2. The fourth-order valence-electron chi connectivity index (χ4n) is 2.06. The van der Waals surface area contributed by atoms with Crippen LogP contribution in [0.1, 0.15) is 16.8 Å². The van der Waals surface area contributed by atoms with E-state index in [1.807, 2.05) is 24.4 Å². The molecule has 0 spiro atoms. The van der Waals surface area contributed by atoms with Crippen molar-refractivity contribution in [1.29, 1.82) is 0 Å². The zero-order chi connectivity index (χ0) is 14.9. The predicted molar refractivity (Wildman–Crippen MR) is 103 cm³/mol. The van der Waals surface area contributed by atoms with Crippen LogP contribution in [0.4, 0.5) is 0 Å². The second-order valence-electron chi connectivity index (χ2n) is 4.85. The molecule has 0 saturated heterocycles. The molecule has 2 N–H and O–H groups in total. The van der Waals surface area contributed by atoms with E-state index >= 15 is 0 Å². The van der Waals surface area contributed by atoms with Gasteiger partial charge in [0.1, 0.15) is 0 Å². The van der Waals surface area contributed by atoms with E-state index in [1.54, 1.807) is 7.05 Å². The van der Waals surface area contributed by atoms with Gasteiger partial charge in [-0.15, -0.1) is 24.0 Å². The van der Waals surface area contributed by atoms with E-state index in [2.05, 4.69) is 51.8 Å². The van der Waals surface area contributed by atoms with Crippen molar-refractivity contribution < 1.29 is 0 Å². The van der Waals surface area contributed by atoms with E-state index in [1.165, 1.54) is 11.1 Å². The summed E-state index contributed by atoms with van der Waals surface area (Å²) in [5, 5.41) is 6.64. The van der Waals surface area contributed by atoms with Gasteiger partial charge in [-0.2, -0.15) is 0 Å². The maximum Gasteiger partial charge on any atom is 0.191 e. The maximum atomic E-state index is 4.31. The average molecular weight is 410 g/mol. The summed E-state index contributed by atoms with van der Waals surface area (Å²) in [5.74, 6) is 0.814. The molecule has 0 saturated carbocycles. The van der Waals surface area contributed by atoms with Gasteiger partial charge in [0.2, 0.25) is 0 Å². The van der Waals surface area contributed by atoms with Gasteiger partial charge in [0.05, 0.1) is 0 Å². The van der Waals surface area contributed by atoms with Crippen LogP contribution in [-0.2, 0) is 13.0 Å². The van der Waals surface area contributed by atoms with Crippen LogP contribution in [-0.4, -0.2) is 24.5 Å². The van der Waals surface area contributed by atoms with Crippen molar-refractivity contribution in [1.82, 2.24) is 15.6 Å². The first kappa shape index (κ1) is 18.4. The molecule has 0 aliphatic heterocycles. The molecular formula is C17H23IN4. The van der Waals surface area contributed by atoms with Gasteiger partial charge in [-0.05, 0) is 30.2 Å². The van der Waals surface area contributed by atoms with E-state index in [0.29, 0.717) is 0 Å². The van der Waals surface area contributed by atoms with Crippen LogP contribution in [0.3, 0.4) is 0 Å². The summed E-state index contributed by atoms with van der Waals surface area (Å²) < 4.78 is 0. The van der Waals surface area contributed by atoms with Gasteiger partial charge in [-0.1, -0.05) is 30.3 Å². The lowest BCUT2D eigenvalue weighted by Crippen LogP contribution is -2.38. The van der Waals surface area contributed by atoms with Gasteiger partial charge < -0.3 is 10.6 Å². The zero-order valence-electron chi connectivity index (χ0n) is 13.0. The molecule has 0 bridgehead atoms. The third kappa shape index (κ3) is 6.01. The standard InChI is InChI=1S/C17H22N4.HI/c1-14-7-3-4-8-15(14)13-21-17(18-2)20-12-10-16-9-5-6-11-19-16;/h3-9,11H,10,12-13H2,1-2H3,(H2,18,20,21);1H. The Morgan fingerprint density at radius 2 is 1.86 bits per heavy atom. The zero-order valence-corrected chi connectivity index (χ0v) is 15.4. The highest BCUT2D eigenvalue weighted by molar-refractivity contribution is 14.0. The molecular weight excluding hydrogens is 387 g/mol. The van der Waals surface area contributed by atoms with Crippen molar-refractivity contribution in [3.8, 4) is 0 Å². The smallest absolute Gasteiger partial charge is 0.191 e. The van der Waals surface area contributed by atoms with Crippen LogP contribution in [0.25, 0.3) is 0 Å². The molecule has 0 amide bonds. The molecule has 4 nitrogen and oxygen atoms in total. The van der Waals surface area contributed by atoms with E-state index in [0.717, 1.165) is 31.2 Å². The third-order valence-corrected chi connectivity index (χ3v) is 3.33. The quantitative estimate of drug-likeness (QED) is 0.453. The normalized spacial score (nSPS) is 10.7. The first-order chi connectivity index (χ1) is 10.3. The van der Waals surface area contributed by atoms with E-state index in [4.69, 9.17) is 0 Å². The molecule has 0 aliphatic rings. The Morgan fingerprint density at radius 3 is 2.55 bits per heavy atom. The van der Waals surface area contributed by atoms with Gasteiger partial charge in [0.25, 0.3) is 0 Å². The highest BCUT2D eigenvalue weighted by atomic mass is 127. The Kier molecular flexibility index (Phi) is 8.50. The van der Waals surface area contributed by atoms with E-state index < -0.39 is 0 Å². The molecule has 0 fully saturated rings. The van der Waals surface area contributed by atoms with Crippen molar-refractivity contribution >= 4 is 29.9 Å². The molecule has 118 valence electrons. The number of aryl methyl sites for hydroxylation is 1. The largest absolute Gasteiger partial charge is 0.356 e. The maximum absolute atomic E-state index is 4.31. The SMILES string of the molecule is CN=C(NCCc1ccccn1)NCc1ccccc1C.I. The highest BCUT2D eigenvalue weighted by Crippen LogP contribution is 2.05. The van der Waals surface area contributed by atoms with Crippen LogP contribution < -0.4 is 10.6 Å². The molecule has 2 aromatic rings. The van der Waals surface area contributed by atoms with Crippen molar-refractivity contribution in [2.24, 2.45) is 4.99 Å². The monoisotopic (exact) mass is 410 g/mol. The van der Waals surface area contributed by atoms with Gasteiger partial charge >= 0.3 is 0 Å². The van der Waals surface area contributed by atoms with Crippen LogP contribution in [0, 0.1) is 6.92 Å². The molecule has 0 aliphatic carbocycles. The Hall–Kier alpha value is -1.63. The fourth-order valence-corrected chi connectivity index (χ4v) is 2.06. The first-order valence-electron chi connectivity index (χ1n) is 7.18. The molecule has 5 heteroatoms. The molecule has 1 aromatic heterocycles.